The summed E-state index contributed by atoms with van der Waals surface area (Å²) in [5, 5.41) is 10.7. The van der Waals surface area contributed by atoms with Crippen LogP contribution in [0.1, 0.15) is 38.7 Å². The molecule has 1 N–H and O–H groups in total. The Morgan fingerprint density at radius 3 is 2.47 bits per heavy atom. The van der Waals surface area contributed by atoms with Crippen LogP contribution in [-0.2, 0) is 6.42 Å². The summed E-state index contributed by atoms with van der Waals surface area (Å²) >= 11 is 2.31. The second-order valence-electron chi connectivity index (χ2n) is 5.72. The lowest BCUT2D eigenvalue weighted by atomic mass is 9.71. The van der Waals surface area contributed by atoms with E-state index in [1.165, 1.54) is 9.13 Å². The molecule has 1 nitrogen and oxygen atoms in total. The molecule has 0 amide bonds. The summed E-state index contributed by atoms with van der Waals surface area (Å²) in [6.45, 7) is 4.57. The van der Waals surface area contributed by atoms with Crippen molar-refractivity contribution in [3.63, 3.8) is 0 Å². The molecular weight excluding hydrogens is 323 g/mol. The maximum Gasteiger partial charge on any atom is 0.0690 e. The van der Waals surface area contributed by atoms with Crippen molar-refractivity contribution in [2.45, 2.75) is 45.1 Å². The van der Waals surface area contributed by atoms with Crippen LogP contribution in [0.5, 0.6) is 0 Å². The van der Waals surface area contributed by atoms with Crippen molar-refractivity contribution in [3.05, 3.63) is 33.4 Å². The van der Waals surface area contributed by atoms with E-state index in [1.807, 2.05) is 0 Å². The molecule has 1 aromatic carbocycles. The number of hydrogen-bond acceptors (Lipinski definition) is 1. The number of aliphatic hydroxyl groups is 1. The Bertz CT molecular complexity index is 373. The van der Waals surface area contributed by atoms with Gasteiger partial charge in [0.2, 0.25) is 0 Å². The molecule has 1 aromatic rings. The van der Waals surface area contributed by atoms with Gasteiger partial charge in [-0.15, -0.1) is 0 Å². The fourth-order valence-corrected chi connectivity index (χ4v) is 3.19. The molecule has 0 aromatic heterocycles. The number of benzene rings is 1. The second kappa shape index (κ2) is 5.27. The molecule has 0 bridgehead atoms. The Morgan fingerprint density at radius 1 is 1.24 bits per heavy atom. The van der Waals surface area contributed by atoms with E-state index in [0.29, 0.717) is 5.92 Å². The van der Waals surface area contributed by atoms with Gasteiger partial charge >= 0.3 is 0 Å². The SMILES string of the molecule is CC1CCC(O)(Cc2ccc(I)cc2)CC1C. The van der Waals surface area contributed by atoms with Crippen LogP contribution in [0.2, 0.25) is 0 Å². The van der Waals surface area contributed by atoms with Crippen LogP contribution < -0.4 is 0 Å². The third-order valence-corrected chi connectivity index (χ3v) is 4.90. The van der Waals surface area contributed by atoms with E-state index in [2.05, 4.69) is 60.7 Å². The van der Waals surface area contributed by atoms with E-state index >= 15 is 0 Å². The first-order chi connectivity index (χ1) is 7.98. The van der Waals surface area contributed by atoms with Gasteiger partial charge in [0.25, 0.3) is 0 Å². The molecule has 0 spiro atoms. The van der Waals surface area contributed by atoms with Crippen molar-refractivity contribution in [2.75, 3.05) is 0 Å². The quantitative estimate of drug-likeness (QED) is 0.804. The summed E-state index contributed by atoms with van der Waals surface area (Å²) in [6, 6.07) is 8.52. The Hall–Kier alpha value is -0.0900. The summed E-state index contributed by atoms with van der Waals surface area (Å²) < 4.78 is 1.25. The van der Waals surface area contributed by atoms with E-state index in [1.54, 1.807) is 0 Å². The predicted molar refractivity (Wildman–Crippen MR) is 80.0 cm³/mol. The molecule has 1 fully saturated rings. The van der Waals surface area contributed by atoms with Gasteiger partial charge in [0.15, 0.2) is 0 Å². The Morgan fingerprint density at radius 2 is 1.88 bits per heavy atom. The standard InChI is InChI=1S/C15H21IO/c1-11-7-8-15(17,9-12(11)2)10-13-3-5-14(16)6-4-13/h3-6,11-12,17H,7-10H2,1-2H3. The van der Waals surface area contributed by atoms with Crippen molar-refractivity contribution in [1.29, 1.82) is 0 Å². The lowest BCUT2D eigenvalue weighted by Crippen LogP contribution is -2.39. The maximum absolute atomic E-state index is 10.7. The van der Waals surface area contributed by atoms with Gasteiger partial charge < -0.3 is 5.11 Å². The summed E-state index contributed by atoms with van der Waals surface area (Å²) in [6.07, 6.45) is 3.85. The van der Waals surface area contributed by atoms with Crippen LogP contribution in [0.3, 0.4) is 0 Å². The Balaban J connectivity index is 2.05. The lowest BCUT2D eigenvalue weighted by molar-refractivity contribution is -0.0279. The van der Waals surface area contributed by atoms with Crippen LogP contribution in [0.4, 0.5) is 0 Å². The molecule has 0 saturated heterocycles. The van der Waals surface area contributed by atoms with Crippen molar-refractivity contribution in [2.24, 2.45) is 11.8 Å². The molecule has 3 atom stereocenters. The molecule has 3 unspecified atom stereocenters. The average Bonchev–Trinajstić information content (AvgIpc) is 2.28. The molecular formula is C15H21IO. The molecule has 1 aliphatic carbocycles. The summed E-state index contributed by atoms with van der Waals surface area (Å²) in [4.78, 5) is 0. The normalized spacial score (nSPS) is 33.6. The highest BCUT2D eigenvalue weighted by molar-refractivity contribution is 14.1. The van der Waals surface area contributed by atoms with E-state index in [9.17, 15) is 5.11 Å². The summed E-state index contributed by atoms with van der Waals surface area (Å²) in [5.74, 6) is 1.39. The minimum Gasteiger partial charge on any atom is -0.390 e. The fourth-order valence-electron chi connectivity index (χ4n) is 2.83. The van der Waals surface area contributed by atoms with Gasteiger partial charge in [-0.3, -0.25) is 0 Å². The zero-order valence-corrected chi connectivity index (χ0v) is 12.8. The van der Waals surface area contributed by atoms with Gasteiger partial charge in [0.1, 0.15) is 0 Å². The molecule has 94 valence electrons. The van der Waals surface area contributed by atoms with Crippen LogP contribution in [-0.4, -0.2) is 10.7 Å². The van der Waals surface area contributed by atoms with Crippen molar-refractivity contribution < 1.29 is 5.11 Å². The van der Waals surface area contributed by atoms with Gasteiger partial charge in [-0.25, -0.2) is 0 Å². The van der Waals surface area contributed by atoms with Crippen molar-refractivity contribution in [3.8, 4) is 0 Å². The zero-order valence-electron chi connectivity index (χ0n) is 10.6. The van der Waals surface area contributed by atoms with Gasteiger partial charge in [-0.2, -0.15) is 0 Å². The van der Waals surface area contributed by atoms with Crippen LogP contribution in [0.25, 0.3) is 0 Å². The van der Waals surface area contributed by atoms with Gasteiger partial charge in [-0.1, -0.05) is 26.0 Å². The second-order valence-corrected chi connectivity index (χ2v) is 6.97. The first kappa shape index (κ1) is 13.3. The van der Waals surface area contributed by atoms with E-state index in [4.69, 9.17) is 0 Å². The molecule has 2 rings (SSSR count). The Labute approximate surface area is 118 Å². The zero-order chi connectivity index (χ0) is 12.5. The summed E-state index contributed by atoms with van der Waals surface area (Å²) in [7, 11) is 0. The third kappa shape index (κ3) is 3.44. The topological polar surface area (TPSA) is 20.2 Å². The predicted octanol–water partition coefficient (Wildman–Crippen LogP) is 4.02. The van der Waals surface area contributed by atoms with Crippen LogP contribution in [0.15, 0.2) is 24.3 Å². The van der Waals surface area contributed by atoms with E-state index in [-0.39, 0.29) is 0 Å². The highest BCUT2D eigenvalue weighted by Crippen LogP contribution is 2.38. The molecule has 0 radical (unpaired) electrons. The van der Waals surface area contributed by atoms with Gasteiger partial charge in [-0.05, 0) is 71.4 Å². The maximum atomic E-state index is 10.7. The average molecular weight is 344 g/mol. The number of hydrogen-bond donors (Lipinski definition) is 1. The first-order valence-electron chi connectivity index (χ1n) is 6.45. The fraction of sp³-hybridized carbons (Fsp3) is 0.600. The highest BCUT2D eigenvalue weighted by atomic mass is 127. The molecule has 1 saturated carbocycles. The molecule has 0 aliphatic heterocycles. The van der Waals surface area contributed by atoms with Crippen molar-refractivity contribution >= 4 is 22.6 Å². The first-order valence-corrected chi connectivity index (χ1v) is 7.53. The van der Waals surface area contributed by atoms with Crippen LogP contribution in [0, 0.1) is 15.4 Å². The molecule has 1 aliphatic rings. The van der Waals surface area contributed by atoms with Gasteiger partial charge in [0.05, 0.1) is 5.60 Å². The van der Waals surface area contributed by atoms with Gasteiger partial charge in [0, 0.05) is 9.99 Å². The third-order valence-electron chi connectivity index (χ3n) is 4.18. The smallest absolute Gasteiger partial charge is 0.0690 e. The minimum absolute atomic E-state index is 0.473. The van der Waals surface area contributed by atoms with Crippen LogP contribution >= 0.6 is 22.6 Å². The number of halogens is 1. The molecule has 0 heterocycles. The highest BCUT2D eigenvalue weighted by Gasteiger charge is 2.35. The Kier molecular flexibility index (Phi) is 4.14. The lowest BCUT2D eigenvalue weighted by Gasteiger charge is -2.39. The minimum atomic E-state index is -0.473. The number of rotatable bonds is 2. The van der Waals surface area contributed by atoms with E-state index < -0.39 is 5.60 Å². The monoisotopic (exact) mass is 344 g/mol. The van der Waals surface area contributed by atoms with E-state index in [0.717, 1.165) is 31.6 Å². The van der Waals surface area contributed by atoms with Crippen molar-refractivity contribution in [1.82, 2.24) is 0 Å². The largest absolute Gasteiger partial charge is 0.390 e. The molecule has 2 heteroatoms. The molecule has 17 heavy (non-hydrogen) atoms. The summed E-state index contributed by atoms with van der Waals surface area (Å²) in [5.41, 5.74) is 0.785.